The Balaban J connectivity index is 2.03. The van der Waals surface area contributed by atoms with E-state index in [1.807, 2.05) is 42.0 Å². The van der Waals surface area contributed by atoms with Crippen LogP contribution in [0.1, 0.15) is 5.56 Å². The number of aromatic amines is 1. The molecule has 0 saturated heterocycles. The van der Waals surface area contributed by atoms with E-state index in [1.54, 1.807) is 6.20 Å². The van der Waals surface area contributed by atoms with Crippen LogP contribution in [-0.2, 0) is 0 Å². The van der Waals surface area contributed by atoms with Gasteiger partial charge in [-0.2, -0.15) is 0 Å². The van der Waals surface area contributed by atoms with Gasteiger partial charge in [-0.1, -0.05) is 6.07 Å². The van der Waals surface area contributed by atoms with E-state index < -0.39 is 0 Å². The zero-order valence-corrected chi connectivity index (χ0v) is 12.2. The van der Waals surface area contributed by atoms with Gasteiger partial charge in [-0.15, -0.1) is 0 Å². The number of nitrogens with zero attached hydrogens (tertiary/aromatic N) is 3. The molecule has 0 saturated carbocycles. The molecule has 0 bridgehead atoms. The van der Waals surface area contributed by atoms with Gasteiger partial charge in [-0.05, 0) is 55.0 Å². The number of imidazole rings is 1. The molecule has 0 unspecified atom stereocenters. The summed E-state index contributed by atoms with van der Waals surface area (Å²) in [6, 6.07) is 12.1. The molecule has 5 heteroatoms. The molecule has 3 aromatic heterocycles. The highest BCUT2D eigenvalue weighted by atomic mass is 32.1. The van der Waals surface area contributed by atoms with E-state index in [4.69, 9.17) is 12.2 Å². The Morgan fingerprint density at radius 2 is 2.05 bits per heavy atom. The van der Waals surface area contributed by atoms with E-state index in [0.29, 0.717) is 4.77 Å². The van der Waals surface area contributed by atoms with Gasteiger partial charge in [0.25, 0.3) is 0 Å². The largest absolute Gasteiger partial charge is 0.329 e. The lowest BCUT2D eigenvalue weighted by Gasteiger charge is -2.05. The Morgan fingerprint density at radius 3 is 2.95 bits per heavy atom. The summed E-state index contributed by atoms with van der Waals surface area (Å²) >= 11 is 5.45. The number of rotatable bonds is 1. The van der Waals surface area contributed by atoms with E-state index in [9.17, 15) is 0 Å². The van der Waals surface area contributed by atoms with Crippen LogP contribution in [0.15, 0.2) is 48.8 Å². The van der Waals surface area contributed by atoms with Gasteiger partial charge in [-0.25, -0.2) is 4.98 Å². The molecular weight excluding hydrogens is 280 g/mol. The molecule has 4 nitrogen and oxygen atoms in total. The second-order valence-corrected chi connectivity index (χ2v) is 5.42. The highest BCUT2D eigenvalue weighted by Gasteiger charge is 2.08. The number of hydrogen-bond donors (Lipinski definition) is 1. The minimum Gasteiger partial charge on any atom is -0.329 e. The van der Waals surface area contributed by atoms with E-state index in [2.05, 4.69) is 27.1 Å². The number of aromatic nitrogens is 4. The van der Waals surface area contributed by atoms with Crippen molar-refractivity contribution >= 4 is 34.3 Å². The average molecular weight is 292 g/mol. The minimum atomic E-state index is 0.645. The first-order chi connectivity index (χ1) is 10.2. The zero-order chi connectivity index (χ0) is 14.4. The van der Waals surface area contributed by atoms with Crippen LogP contribution in [0, 0.1) is 11.7 Å². The van der Waals surface area contributed by atoms with Crippen LogP contribution < -0.4 is 0 Å². The zero-order valence-electron chi connectivity index (χ0n) is 11.4. The summed E-state index contributed by atoms with van der Waals surface area (Å²) in [4.78, 5) is 12.1. The molecule has 102 valence electrons. The smallest absolute Gasteiger partial charge is 0.183 e. The maximum atomic E-state index is 5.45. The predicted octanol–water partition coefficient (Wildman–Crippen LogP) is 3.94. The maximum Gasteiger partial charge on any atom is 0.183 e. The normalized spacial score (nSPS) is 11.3. The number of aryl methyl sites for hydroxylation is 1. The number of H-pyrrole nitrogens is 1. The molecule has 0 atom stereocenters. The first-order valence-corrected chi connectivity index (χ1v) is 7.06. The molecule has 4 rings (SSSR count). The molecule has 0 spiro atoms. The molecule has 0 amide bonds. The lowest BCUT2D eigenvalue weighted by molar-refractivity contribution is 1.04. The molecule has 3 heterocycles. The minimum absolute atomic E-state index is 0.645. The third-order valence-electron chi connectivity index (χ3n) is 3.50. The van der Waals surface area contributed by atoms with Crippen molar-refractivity contribution in [2.24, 2.45) is 0 Å². The fourth-order valence-corrected chi connectivity index (χ4v) is 2.84. The standard InChI is InChI=1S/C16H12N4S/c1-10-7-14-15(18-9-10)20(16(21)19-14)12-4-5-13-11(8-12)3-2-6-17-13/h2-9H,1H3,(H,19,21). The molecule has 0 fully saturated rings. The monoisotopic (exact) mass is 292 g/mol. The second kappa shape index (κ2) is 4.49. The molecule has 1 aromatic carbocycles. The number of hydrogen-bond acceptors (Lipinski definition) is 3. The lowest BCUT2D eigenvalue weighted by atomic mass is 10.2. The Kier molecular flexibility index (Phi) is 2.62. The van der Waals surface area contributed by atoms with Crippen molar-refractivity contribution in [2.45, 2.75) is 6.92 Å². The van der Waals surface area contributed by atoms with Gasteiger partial charge in [0.15, 0.2) is 10.4 Å². The highest BCUT2D eigenvalue weighted by Crippen LogP contribution is 2.21. The summed E-state index contributed by atoms with van der Waals surface area (Å²) in [5.41, 5.74) is 4.85. The Hall–Kier alpha value is -2.53. The maximum absolute atomic E-state index is 5.45. The molecule has 0 radical (unpaired) electrons. The molecule has 21 heavy (non-hydrogen) atoms. The molecule has 1 N–H and O–H groups in total. The topological polar surface area (TPSA) is 46.5 Å². The van der Waals surface area contributed by atoms with Gasteiger partial charge < -0.3 is 4.98 Å². The lowest BCUT2D eigenvalue weighted by Crippen LogP contribution is -1.96. The first kappa shape index (κ1) is 12.2. The number of fused-ring (bicyclic) bond motifs is 2. The number of nitrogens with one attached hydrogen (secondary N) is 1. The summed E-state index contributed by atoms with van der Waals surface area (Å²) in [7, 11) is 0. The molecule has 0 aliphatic rings. The Morgan fingerprint density at radius 1 is 1.14 bits per heavy atom. The van der Waals surface area contributed by atoms with Gasteiger partial charge in [0.1, 0.15) is 0 Å². The van der Waals surface area contributed by atoms with Gasteiger partial charge in [-0.3, -0.25) is 9.55 Å². The van der Waals surface area contributed by atoms with Gasteiger partial charge in [0.05, 0.1) is 16.7 Å². The summed E-state index contributed by atoms with van der Waals surface area (Å²) < 4.78 is 2.60. The van der Waals surface area contributed by atoms with Gasteiger partial charge in [0, 0.05) is 17.8 Å². The summed E-state index contributed by atoms with van der Waals surface area (Å²) in [6.45, 7) is 2.02. The fourth-order valence-electron chi connectivity index (χ4n) is 2.54. The third kappa shape index (κ3) is 1.94. The summed E-state index contributed by atoms with van der Waals surface area (Å²) in [5, 5.41) is 1.08. The predicted molar refractivity (Wildman–Crippen MR) is 86.3 cm³/mol. The summed E-state index contributed by atoms with van der Waals surface area (Å²) in [5.74, 6) is 0. The Bertz CT molecular complexity index is 1030. The van der Waals surface area contributed by atoms with Crippen LogP contribution in [0.25, 0.3) is 27.8 Å². The van der Waals surface area contributed by atoms with Crippen LogP contribution in [-0.4, -0.2) is 19.5 Å². The van der Waals surface area contributed by atoms with Gasteiger partial charge in [0.2, 0.25) is 0 Å². The van der Waals surface area contributed by atoms with E-state index in [1.165, 1.54) is 0 Å². The van der Waals surface area contributed by atoms with E-state index in [0.717, 1.165) is 33.3 Å². The van der Waals surface area contributed by atoms with Crippen molar-refractivity contribution in [3.05, 3.63) is 59.1 Å². The molecular formula is C16H12N4S. The average Bonchev–Trinajstić information content (AvgIpc) is 2.81. The quantitative estimate of drug-likeness (QED) is 0.540. The van der Waals surface area contributed by atoms with Gasteiger partial charge >= 0.3 is 0 Å². The molecule has 4 aromatic rings. The number of pyridine rings is 2. The van der Waals surface area contributed by atoms with Crippen molar-refractivity contribution in [1.82, 2.24) is 19.5 Å². The van der Waals surface area contributed by atoms with Crippen molar-refractivity contribution < 1.29 is 0 Å². The molecule has 0 aliphatic carbocycles. The van der Waals surface area contributed by atoms with Crippen LogP contribution in [0.4, 0.5) is 0 Å². The number of benzene rings is 1. The third-order valence-corrected chi connectivity index (χ3v) is 3.79. The first-order valence-electron chi connectivity index (χ1n) is 6.65. The second-order valence-electron chi connectivity index (χ2n) is 5.03. The summed E-state index contributed by atoms with van der Waals surface area (Å²) in [6.07, 6.45) is 3.65. The fraction of sp³-hybridized carbons (Fsp3) is 0.0625. The van der Waals surface area contributed by atoms with E-state index in [-0.39, 0.29) is 0 Å². The van der Waals surface area contributed by atoms with Crippen molar-refractivity contribution in [2.75, 3.05) is 0 Å². The van der Waals surface area contributed by atoms with Crippen LogP contribution >= 0.6 is 12.2 Å². The molecule has 0 aliphatic heterocycles. The van der Waals surface area contributed by atoms with Crippen LogP contribution in [0.5, 0.6) is 0 Å². The van der Waals surface area contributed by atoms with Crippen LogP contribution in [0.2, 0.25) is 0 Å². The van der Waals surface area contributed by atoms with E-state index >= 15 is 0 Å². The van der Waals surface area contributed by atoms with Crippen molar-refractivity contribution in [3.8, 4) is 5.69 Å². The SMILES string of the molecule is Cc1cnc2c(c1)[nH]c(=S)n2-c1ccc2ncccc2c1. The Labute approximate surface area is 126 Å². The van der Waals surface area contributed by atoms with Crippen LogP contribution in [0.3, 0.4) is 0 Å². The highest BCUT2D eigenvalue weighted by molar-refractivity contribution is 7.71. The van der Waals surface area contributed by atoms with Crippen molar-refractivity contribution in [1.29, 1.82) is 0 Å². The van der Waals surface area contributed by atoms with Crippen molar-refractivity contribution in [3.63, 3.8) is 0 Å².